The van der Waals surface area contributed by atoms with Crippen molar-refractivity contribution in [3.05, 3.63) is 47.3 Å². The second kappa shape index (κ2) is 10.1. The summed E-state index contributed by atoms with van der Waals surface area (Å²) in [5.41, 5.74) is 5.97. The first-order chi connectivity index (χ1) is 16.6. The van der Waals surface area contributed by atoms with Crippen molar-refractivity contribution in [1.29, 1.82) is 0 Å². The van der Waals surface area contributed by atoms with Gasteiger partial charge in [0.2, 0.25) is 0 Å². The zero-order valence-corrected chi connectivity index (χ0v) is 19.7. The number of alkyl halides is 3. The average molecular weight is 492 g/mol. The maximum atomic E-state index is 13.3. The molecule has 35 heavy (non-hydrogen) atoms. The smallest absolute Gasteiger partial charge is 0.416 e. The summed E-state index contributed by atoms with van der Waals surface area (Å²) in [7, 11) is 1.54. The van der Waals surface area contributed by atoms with Crippen LogP contribution < -0.4 is 25.8 Å². The SMILES string of the molecule is COc1cc2nc(C)nc(N[C@H](C)c3cc(N)cc(C(F)(F)F)c3)c2cc1OC[C@@H]1CNCCO1. The molecule has 4 N–H and O–H groups in total. The van der Waals surface area contributed by atoms with Crippen molar-refractivity contribution in [2.45, 2.75) is 32.2 Å². The molecule has 2 aromatic carbocycles. The lowest BCUT2D eigenvalue weighted by molar-refractivity contribution is -0.137. The van der Waals surface area contributed by atoms with Crippen LogP contribution >= 0.6 is 0 Å². The molecule has 0 radical (unpaired) electrons. The van der Waals surface area contributed by atoms with Crippen LogP contribution in [0.4, 0.5) is 24.7 Å². The number of morpholine rings is 1. The van der Waals surface area contributed by atoms with Crippen LogP contribution in [-0.4, -0.2) is 49.5 Å². The summed E-state index contributed by atoms with van der Waals surface area (Å²) in [6.07, 6.45) is -4.59. The molecule has 2 atom stereocenters. The Morgan fingerprint density at radius 3 is 2.69 bits per heavy atom. The van der Waals surface area contributed by atoms with Gasteiger partial charge in [-0.05, 0) is 43.7 Å². The molecule has 1 aliphatic heterocycles. The van der Waals surface area contributed by atoms with Crippen molar-refractivity contribution in [2.24, 2.45) is 0 Å². The summed E-state index contributed by atoms with van der Waals surface area (Å²) >= 11 is 0. The van der Waals surface area contributed by atoms with Crippen molar-refractivity contribution >= 4 is 22.4 Å². The van der Waals surface area contributed by atoms with Gasteiger partial charge in [0.25, 0.3) is 0 Å². The van der Waals surface area contributed by atoms with Crippen LogP contribution in [0.15, 0.2) is 30.3 Å². The zero-order valence-electron chi connectivity index (χ0n) is 19.7. The molecule has 8 nitrogen and oxygen atoms in total. The highest BCUT2D eigenvalue weighted by molar-refractivity contribution is 5.92. The Labute approximate surface area is 201 Å². The maximum Gasteiger partial charge on any atom is 0.416 e. The van der Waals surface area contributed by atoms with Gasteiger partial charge >= 0.3 is 6.18 Å². The number of rotatable bonds is 7. The van der Waals surface area contributed by atoms with Crippen molar-refractivity contribution in [3.8, 4) is 11.5 Å². The summed E-state index contributed by atoms with van der Waals surface area (Å²) in [5.74, 6) is 1.94. The minimum absolute atomic E-state index is 0.0343. The van der Waals surface area contributed by atoms with Crippen LogP contribution in [0, 0.1) is 6.92 Å². The van der Waals surface area contributed by atoms with Crippen LogP contribution in [0.3, 0.4) is 0 Å². The highest BCUT2D eigenvalue weighted by atomic mass is 19.4. The Balaban J connectivity index is 1.66. The van der Waals surface area contributed by atoms with Gasteiger partial charge in [0.05, 0.1) is 30.8 Å². The molecule has 11 heteroatoms. The number of benzene rings is 2. The third-order valence-electron chi connectivity index (χ3n) is 5.68. The molecule has 0 spiro atoms. The molecule has 1 saturated heterocycles. The fourth-order valence-electron chi connectivity index (χ4n) is 3.92. The molecule has 0 unspecified atom stereocenters. The van der Waals surface area contributed by atoms with Gasteiger partial charge in [-0.15, -0.1) is 0 Å². The van der Waals surface area contributed by atoms with E-state index in [2.05, 4.69) is 20.6 Å². The Kier molecular flexibility index (Phi) is 7.18. The van der Waals surface area contributed by atoms with Gasteiger partial charge in [-0.3, -0.25) is 0 Å². The normalized spacial score (nSPS) is 17.3. The average Bonchev–Trinajstić information content (AvgIpc) is 2.82. The van der Waals surface area contributed by atoms with Gasteiger partial charge in [-0.1, -0.05) is 0 Å². The first-order valence-corrected chi connectivity index (χ1v) is 11.2. The molecule has 0 aliphatic carbocycles. The van der Waals surface area contributed by atoms with E-state index >= 15 is 0 Å². The molecule has 4 rings (SSSR count). The molecular weight excluding hydrogens is 463 g/mol. The first-order valence-electron chi connectivity index (χ1n) is 11.2. The van der Waals surface area contributed by atoms with Crippen LogP contribution in [0.5, 0.6) is 11.5 Å². The summed E-state index contributed by atoms with van der Waals surface area (Å²) in [6, 6.07) is 6.50. The number of hydrogen-bond donors (Lipinski definition) is 3. The fraction of sp³-hybridized carbons (Fsp3) is 0.417. The van der Waals surface area contributed by atoms with Crippen LogP contribution in [0.1, 0.15) is 29.9 Å². The number of nitrogens with zero attached hydrogens (tertiary/aromatic N) is 2. The number of halogens is 3. The van der Waals surface area contributed by atoms with Crippen molar-refractivity contribution in [2.75, 3.05) is 44.5 Å². The van der Waals surface area contributed by atoms with E-state index in [-0.39, 0.29) is 11.8 Å². The molecule has 1 aromatic heterocycles. The molecule has 0 amide bonds. The summed E-state index contributed by atoms with van der Waals surface area (Å²) < 4.78 is 57.1. The second-order valence-electron chi connectivity index (χ2n) is 8.40. The number of nitrogen functional groups attached to an aromatic ring is 1. The Hall–Kier alpha value is -3.31. The summed E-state index contributed by atoms with van der Waals surface area (Å²) in [5, 5.41) is 7.11. The molecule has 188 valence electrons. The van der Waals surface area contributed by atoms with Gasteiger partial charge in [-0.2, -0.15) is 13.2 Å². The van der Waals surface area contributed by atoms with E-state index in [1.54, 1.807) is 33.1 Å². The predicted molar refractivity (Wildman–Crippen MR) is 127 cm³/mol. The number of anilines is 2. The molecular formula is C24H28F3N5O3. The molecule has 3 aromatic rings. The minimum Gasteiger partial charge on any atom is -0.493 e. The molecule has 0 bridgehead atoms. The third kappa shape index (κ3) is 5.85. The monoisotopic (exact) mass is 491 g/mol. The number of aryl methyl sites for hydroxylation is 1. The quantitative estimate of drug-likeness (QED) is 0.425. The Bertz CT molecular complexity index is 1200. The van der Waals surface area contributed by atoms with Gasteiger partial charge in [0, 0.05) is 30.2 Å². The topological polar surface area (TPSA) is 104 Å². The summed E-state index contributed by atoms with van der Waals surface area (Å²) in [6.45, 7) is 5.90. The van der Waals surface area contributed by atoms with Gasteiger partial charge in [-0.25, -0.2) is 9.97 Å². The van der Waals surface area contributed by atoms with Crippen molar-refractivity contribution in [1.82, 2.24) is 15.3 Å². The Morgan fingerprint density at radius 2 is 2.00 bits per heavy atom. The summed E-state index contributed by atoms with van der Waals surface area (Å²) in [4.78, 5) is 8.99. The number of nitrogens with one attached hydrogen (secondary N) is 2. The van der Waals surface area contributed by atoms with E-state index in [1.807, 2.05) is 0 Å². The zero-order chi connectivity index (χ0) is 25.2. The number of hydrogen-bond acceptors (Lipinski definition) is 8. The molecule has 0 saturated carbocycles. The van der Waals surface area contributed by atoms with E-state index < -0.39 is 17.8 Å². The minimum atomic E-state index is -4.50. The van der Waals surface area contributed by atoms with E-state index in [1.165, 1.54) is 6.07 Å². The lowest BCUT2D eigenvalue weighted by Gasteiger charge is -2.24. The number of methoxy groups -OCH3 is 1. The number of aromatic nitrogens is 2. The van der Waals surface area contributed by atoms with Gasteiger partial charge in [0.15, 0.2) is 11.5 Å². The first kappa shape index (κ1) is 24.8. The predicted octanol–water partition coefficient (Wildman–Crippen LogP) is 4.09. The third-order valence-corrected chi connectivity index (χ3v) is 5.68. The fourth-order valence-corrected chi connectivity index (χ4v) is 3.92. The van der Waals surface area contributed by atoms with E-state index in [0.29, 0.717) is 59.4 Å². The lowest BCUT2D eigenvalue weighted by Crippen LogP contribution is -2.41. The highest BCUT2D eigenvalue weighted by Gasteiger charge is 2.31. The van der Waals surface area contributed by atoms with E-state index in [9.17, 15) is 13.2 Å². The van der Waals surface area contributed by atoms with Crippen molar-refractivity contribution < 1.29 is 27.4 Å². The standard InChI is InChI=1S/C24H28F3N5O3/c1-13(15-6-16(24(25,26)27)8-17(28)7-15)30-23-19-9-22(35-12-18-11-29-4-5-34-18)21(33-3)10-20(19)31-14(2)32-23/h6-10,13,18,29H,4-5,11-12,28H2,1-3H3,(H,30,31,32)/t13-,18+/m1/s1. The maximum absolute atomic E-state index is 13.3. The van der Waals surface area contributed by atoms with E-state index in [0.717, 1.165) is 18.7 Å². The van der Waals surface area contributed by atoms with Crippen LogP contribution in [0.25, 0.3) is 10.9 Å². The second-order valence-corrected chi connectivity index (χ2v) is 8.40. The number of nitrogens with two attached hydrogens (primary N) is 1. The molecule has 1 fully saturated rings. The van der Waals surface area contributed by atoms with Crippen LogP contribution in [0.2, 0.25) is 0 Å². The Morgan fingerprint density at radius 1 is 1.20 bits per heavy atom. The number of ether oxygens (including phenoxy) is 3. The van der Waals surface area contributed by atoms with Gasteiger partial charge < -0.3 is 30.6 Å². The largest absolute Gasteiger partial charge is 0.493 e. The van der Waals surface area contributed by atoms with Crippen molar-refractivity contribution in [3.63, 3.8) is 0 Å². The molecule has 2 heterocycles. The van der Waals surface area contributed by atoms with Gasteiger partial charge in [0.1, 0.15) is 24.4 Å². The van der Waals surface area contributed by atoms with E-state index in [4.69, 9.17) is 19.9 Å². The lowest BCUT2D eigenvalue weighted by atomic mass is 10.0. The van der Waals surface area contributed by atoms with Crippen LogP contribution in [-0.2, 0) is 10.9 Å². The number of fused-ring (bicyclic) bond motifs is 1. The highest BCUT2D eigenvalue weighted by Crippen LogP contribution is 2.37. The molecule has 1 aliphatic rings.